The van der Waals surface area contributed by atoms with Gasteiger partial charge in [0, 0.05) is 23.1 Å². The molecule has 0 amide bonds. The van der Waals surface area contributed by atoms with Gasteiger partial charge in [0.2, 0.25) is 0 Å². The lowest BCUT2D eigenvalue weighted by Crippen LogP contribution is -2.55. The average Bonchev–Trinajstić information content (AvgIpc) is 3.32. The Hall–Kier alpha value is -2.42. The standard InChI is InChI=1S/C26H26Cl2N4O2S/c1-16(33)26(34-19-7-8-21(27)22(28)13-19)32(18-9-11-29-12-10-18)24-23-20(17-5-3-2-4-6-17)14-35-25(23)31-15-30-24/h2-8,13-16,18,26,29,33H,9-12H2,1H3. The molecule has 2 atom stereocenters. The highest BCUT2D eigenvalue weighted by molar-refractivity contribution is 7.17. The second-order valence-electron chi connectivity index (χ2n) is 8.61. The fourth-order valence-electron chi connectivity index (χ4n) is 4.55. The van der Waals surface area contributed by atoms with Gasteiger partial charge in [0.25, 0.3) is 0 Å². The van der Waals surface area contributed by atoms with Crippen molar-refractivity contribution in [2.45, 2.75) is 38.1 Å². The van der Waals surface area contributed by atoms with Crippen molar-refractivity contribution < 1.29 is 9.84 Å². The Morgan fingerprint density at radius 1 is 1.09 bits per heavy atom. The van der Waals surface area contributed by atoms with Gasteiger partial charge in [-0.2, -0.15) is 0 Å². The molecule has 2 aromatic carbocycles. The van der Waals surface area contributed by atoms with Crippen LogP contribution in [0.4, 0.5) is 5.82 Å². The van der Waals surface area contributed by atoms with E-state index < -0.39 is 12.3 Å². The molecular weight excluding hydrogens is 503 g/mol. The lowest BCUT2D eigenvalue weighted by Gasteiger charge is -2.42. The number of piperidine rings is 1. The molecule has 35 heavy (non-hydrogen) atoms. The van der Waals surface area contributed by atoms with Gasteiger partial charge in [-0.25, -0.2) is 9.97 Å². The van der Waals surface area contributed by atoms with Crippen LogP contribution in [0.5, 0.6) is 5.75 Å². The summed E-state index contributed by atoms with van der Waals surface area (Å²) in [7, 11) is 0. The van der Waals surface area contributed by atoms with E-state index in [9.17, 15) is 5.11 Å². The topological polar surface area (TPSA) is 70.5 Å². The van der Waals surface area contributed by atoms with E-state index in [2.05, 4.69) is 32.7 Å². The number of ether oxygens (including phenoxy) is 1. The monoisotopic (exact) mass is 528 g/mol. The van der Waals surface area contributed by atoms with Crippen molar-refractivity contribution >= 4 is 50.6 Å². The number of thiophene rings is 1. The van der Waals surface area contributed by atoms with Gasteiger partial charge in [-0.1, -0.05) is 53.5 Å². The molecule has 2 unspecified atom stereocenters. The zero-order chi connectivity index (χ0) is 24.4. The molecule has 9 heteroatoms. The van der Waals surface area contributed by atoms with Gasteiger partial charge in [-0.05, 0) is 50.6 Å². The van der Waals surface area contributed by atoms with E-state index >= 15 is 0 Å². The van der Waals surface area contributed by atoms with Crippen molar-refractivity contribution in [2.24, 2.45) is 0 Å². The van der Waals surface area contributed by atoms with Crippen molar-refractivity contribution in [3.8, 4) is 16.9 Å². The summed E-state index contributed by atoms with van der Waals surface area (Å²) in [6.07, 6.45) is 1.86. The molecule has 0 spiro atoms. The molecule has 0 radical (unpaired) electrons. The minimum absolute atomic E-state index is 0.111. The number of rotatable bonds is 7. The molecular formula is C26H26Cl2N4O2S. The van der Waals surface area contributed by atoms with Crippen molar-refractivity contribution in [2.75, 3.05) is 18.0 Å². The van der Waals surface area contributed by atoms with Gasteiger partial charge in [-0.15, -0.1) is 11.3 Å². The number of halogens is 2. The third-order valence-electron chi connectivity index (χ3n) is 6.22. The Labute approximate surface area is 218 Å². The lowest BCUT2D eigenvalue weighted by atomic mass is 10.0. The highest BCUT2D eigenvalue weighted by Crippen LogP contribution is 2.40. The van der Waals surface area contributed by atoms with Crippen molar-refractivity contribution in [1.29, 1.82) is 0 Å². The second-order valence-corrected chi connectivity index (χ2v) is 10.3. The highest BCUT2D eigenvalue weighted by Gasteiger charge is 2.35. The molecule has 3 heterocycles. The van der Waals surface area contributed by atoms with E-state index in [1.54, 1.807) is 42.8 Å². The van der Waals surface area contributed by atoms with E-state index in [1.165, 1.54) is 0 Å². The first kappa shape index (κ1) is 24.3. The molecule has 1 aliphatic heterocycles. The first-order valence-electron chi connectivity index (χ1n) is 11.6. The van der Waals surface area contributed by atoms with Crippen LogP contribution in [0.15, 0.2) is 60.2 Å². The van der Waals surface area contributed by atoms with Crippen LogP contribution < -0.4 is 15.0 Å². The summed E-state index contributed by atoms with van der Waals surface area (Å²) in [6.45, 7) is 3.49. The molecule has 4 aromatic rings. The van der Waals surface area contributed by atoms with Crippen LogP contribution in [0.2, 0.25) is 10.0 Å². The van der Waals surface area contributed by atoms with Gasteiger partial charge in [-0.3, -0.25) is 0 Å². The number of anilines is 1. The molecule has 2 aromatic heterocycles. The highest BCUT2D eigenvalue weighted by atomic mass is 35.5. The summed E-state index contributed by atoms with van der Waals surface area (Å²) in [4.78, 5) is 12.4. The van der Waals surface area contributed by atoms with Gasteiger partial charge < -0.3 is 20.1 Å². The molecule has 0 bridgehead atoms. The Bertz CT molecular complexity index is 1300. The van der Waals surface area contributed by atoms with E-state index in [1.807, 2.05) is 18.2 Å². The zero-order valence-corrected chi connectivity index (χ0v) is 21.5. The van der Waals surface area contributed by atoms with Gasteiger partial charge in [0.15, 0.2) is 6.23 Å². The van der Waals surface area contributed by atoms with Gasteiger partial charge in [0.05, 0.1) is 15.4 Å². The fourth-order valence-corrected chi connectivity index (χ4v) is 5.75. The zero-order valence-electron chi connectivity index (χ0n) is 19.2. The molecule has 1 saturated heterocycles. The first-order valence-corrected chi connectivity index (χ1v) is 13.2. The number of hydrogen-bond acceptors (Lipinski definition) is 7. The average molecular weight is 529 g/mol. The smallest absolute Gasteiger partial charge is 0.199 e. The molecule has 0 aliphatic carbocycles. The van der Waals surface area contributed by atoms with E-state index in [0.717, 1.165) is 53.1 Å². The molecule has 1 fully saturated rings. The Morgan fingerprint density at radius 3 is 2.57 bits per heavy atom. The quantitative estimate of drug-likeness (QED) is 0.286. The van der Waals surface area contributed by atoms with Crippen LogP contribution in [0.3, 0.4) is 0 Å². The van der Waals surface area contributed by atoms with Crippen LogP contribution >= 0.6 is 34.5 Å². The number of nitrogens with one attached hydrogen (secondary N) is 1. The largest absolute Gasteiger partial charge is 0.468 e. The summed E-state index contributed by atoms with van der Waals surface area (Å²) in [6, 6.07) is 15.5. The number of fused-ring (bicyclic) bond motifs is 1. The van der Waals surface area contributed by atoms with Crippen LogP contribution in [-0.4, -0.2) is 46.5 Å². The summed E-state index contributed by atoms with van der Waals surface area (Å²) in [5, 5.41) is 18.3. The van der Waals surface area contributed by atoms with Crippen LogP contribution in [0, 0.1) is 0 Å². The second kappa shape index (κ2) is 10.7. The predicted molar refractivity (Wildman–Crippen MR) is 144 cm³/mol. The number of aliphatic hydroxyl groups excluding tert-OH is 1. The lowest BCUT2D eigenvalue weighted by molar-refractivity contribution is 0.0387. The third-order valence-corrected chi connectivity index (χ3v) is 7.84. The minimum atomic E-state index is -0.817. The number of hydrogen-bond donors (Lipinski definition) is 2. The Morgan fingerprint density at radius 2 is 1.86 bits per heavy atom. The summed E-state index contributed by atoms with van der Waals surface area (Å²) in [5.74, 6) is 1.29. The van der Waals surface area contributed by atoms with Crippen LogP contribution in [-0.2, 0) is 0 Å². The third kappa shape index (κ3) is 5.10. The van der Waals surface area contributed by atoms with E-state index in [-0.39, 0.29) is 6.04 Å². The number of benzene rings is 2. The molecule has 6 nitrogen and oxygen atoms in total. The number of nitrogens with zero attached hydrogens (tertiary/aromatic N) is 3. The van der Waals surface area contributed by atoms with Gasteiger partial charge >= 0.3 is 0 Å². The van der Waals surface area contributed by atoms with Crippen molar-refractivity contribution in [3.63, 3.8) is 0 Å². The van der Waals surface area contributed by atoms with E-state index in [4.69, 9.17) is 32.9 Å². The normalized spacial score (nSPS) is 16.2. The summed E-state index contributed by atoms with van der Waals surface area (Å²) in [5.41, 5.74) is 2.16. The SMILES string of the molecule is CC(O)C(Oc1ccc(Cl)c(Cl)c1)N(c1ncnc2scc(-c3ccccc3)c12)C1CCNCC1. The number of aromatic nitrogens is 2. The van der Waals surface area contributed by atoms with Crippen molar-refractivity contribution in [1.82, 2.24) is 15.3 Å². The maximum atomic E-state index is 11.0. The predicted octanol–water partition coefficient (Wildman–Crippen LogP) is 6.01. The summed E-state index contributed by atoms with van der Waals surface area (Å²) < 4.78 is 6.41. The van der Waals surface area contributed by atoms with Gasteiger partial charge in [0.1, 0.15) is 28.8 Å². The molecule has 0 saturated carbocycles. The maximum absolute atomic E-state index is 11.0. The Kier molecular flexibility index (Phi) is 7.41. The molecule has 1 aliphatic rings. The summed E-state index contributed by atoms with van der Waals surface area (Å²) >= 11 is 14.0. The number of aliphatic hydroxyl groups is 1. The maximum Gasteiger partial charge on any atom is 0.199 e. The molecule has 5 rings (SSSR count). The molecule has 182 valence electrons. The first-order chi connectivity index (χ1) is 17.0. The van der Waals surface area contributed by atoms with Crippen LogP contribution in [0.25, 0.3) is 21.3 Å². The Balaban J connectivity index is 1.65. The van der Waals surface area contributed by atoms with E-state index in [0.29, 0.717) is 15.8 Å². The molecule has 2 N–H and O–H groups in total. The minimum Gasteiger partial charge on any atom is -0.468 e. The van der Waals surface area contributed by atoms with Crippen LogP contribution in [0.1, 0.15) is 19.8 Å². The van der Waals surface area contributed by atoms with Crippen molar-refractivity contribution in [3.05, 3.63) is 70.3 Å². The fraction of sp³-hybridized carbons (Fsp3) is 0.308.